The largest absolute Gasteiger partial charge is 0.468 e. The van der Waals surface area contributed by atoms with Gasteiger partial charge in [-0.2, -0.15) is 0 Å². The van der Waals surface area contributed by atoms with Crippen LogP contribution in [0.4, 0.5) is 0 Å². The number of piperidine rings is 1. The van der Waals surface area contributed by atoms with Crippen molar-refractivity contribution in [2.24, 2.45) is 0 Å². The Morgan fingerprint density at radius 3 is 2.60 bits per heavy atom. The molecule has 0 aromatic heterocycles. The molecule has 0 bridgehead atoms. The standard InChI is InChI=1S/C12H23NO2/c1-4-10(5-2)13-9-7-6-8-11(13)12(14)15-3/h10-11H,4-9H2,1-3H3/t11-/m1/s1. The van der Waals surface area contributed by atoms with Crippen molar-refractivity contribution in [3.63, 3.8) is 0 Å². The molecule has 0 saturated carbocycles. The Morgan fingerprint density at radius 1 is 1.40 bits per heavy atom. The molecular formula is C12H23NO2. The van der Waals surface area contributed by atoms with E-state index in [1.165, 1.54) is 13.5 Å². The van der Waals surface area contributed by atoms with Gasteiger partial charge in [0.25, 0.3) is 0 Å². The number of methoxy groups -OCH3 is 1. The van der Waals surface area contributed by atoms with Crippen LogP contribution in [-0.4, -0.2) is 36.6 Å². The molecule has 1 aliphatic rings. The molecule has 1 heterocycles. The molecule has 15 heavy (non-hydrogen) atoms. The number of carbonyl (C=O) groups is 1. The molecule has 1 atom stereocenters. The third-order valence-corrected chi connectivity index (χ3v) is 3.43. The summed E-state index contributed by atoms with van der Waals surface area (Å²) in [6.07, 6.45) is 5.55. The lowest BCUT2D eigenvalue weighted by Gasteiger charge is -2.39. The minimum absolute atomic E-state index is 0.00801. The molecule has 0 N–H and O–H groups in total. The van der Waals surface area contributed by atoms with Gasteiger partial charge in [0.2, 0.25) is 0 Å². The zero-order valence-electron chi connectivity index (χ0n) is 10.2. The first kappa shape index (κ1) is 12.5. The smallest absolute Gasteiger partial charge is 0.323 e. The van der Waals surface area contributed by atoms with Gasteiger partial charge in [0, 0.05) is 6.04 Å². The van der Waals surface area contributed by atoms with Crippen LogP contribution in [0.1, 0.15) is 46.0 Å². The molecule has 1 aliphatic heterocycles. The monoisotopic (exact) mass is 213 g/mol. The number of rotatable bonds is 4. The molecule has 0 aromatic carbocycles. The maximum absolute atomic E-state index is 11.6. The summed E-state index contributed by atoms with van der Waals surface area (Å²) in [5, 5.41) is 0. The minimum atomic E-state index is -0.0541. The van der Waals surface area contributed by atoms with Gasteiger partial charge in [-0.15, -0.1) is 0 Å². The van der Waals surface area contributed by atoms with Crippen molar-refractivity contribution in [1.82, 2.24) is 4.90 Å². The summed E-state index contributed by atoms with van der Waals surface area (Å²) in [6.45, 7) is 5.43. The highest BCUT2D eigenvalue weighted by Gasteiger charge is 2.32. The second kappa shape index (κ2) is 6.11. The highest BCUT2D eigenvalue weighted by molar-refractivity contribution is 5.75. The second-order valence-electron chi connectivity index (χ2n) is 4.24. The molecule has 0 amide bonds. The van der Waals surface area contributed by atoms with E-state index in [-0.39, 0.29) is 12.0 Å². The quantitative estimate of drug-likeness (QED) is 0.670. The Kier molecular flexibility index (Phi) is 5.09. The Balaban J connectivity index is 2.68. The molecule has 88 valence electrons. The molecule has 0 radical (unpaired) electrons. The van der Waals surface area contributed by atoms with Gasteiger partial charge in [-0.1, -0.05) is 20.3 Å². The number of ether oxygens (including phenoxy) is 1. The molecule has 0 unspecified atom stereocenters. The topological polar surface area (TPSA) is 29.5 Å². The first-order valence-corrected chi connectivity index (χ1v) is 6.08. The van der Waals surface area contributed by atoms with Crippen LogP contribution in [0.25, 0.3) is 0 Å². The van der Waals surface area contributed by atoms with Crippen LogP contribution in [0.2, 0.25) is 0 Å². The molecule has 1 fully saturated rings. The Morgan fingerprint density at radius 2 is 2.07 bits per heavy atom. The lowest BCUT2D eigenvalue weighted by atomic mass is 9.98. The van der Waals surface area contributed by atoms with Gasteiger partial charge in [0.1, 0.15) is 6.04 Å². The summed E-state index contributed by atoms with van der Waals surface area (Å²) < 4.78 is 4.88. The maximum atomic E-state index is 11.6. The van der Waals surface area contributed by atoms with E-state index in [1.807, 2.05) is 0 Å². The van der Waals surface area contributed by atoms with Gasteiger partial charge in [-0.25, -0.2) is 0 Å². The van der Waals surface area contributed by atoms with E-state index >= 15 is 0 Å². The average molecular weight is 213 g/mol. The van der Waals surface area contributed by atoms with Gasteiger partial charge < -0.3 is 4.74 Å². The zero-order chi connectivity index (χ0) is 11.3. The van der Waals surface area contributed by atoms with Crippen molar-refractivity contribution >= 4 is 5.97 Å². The fourth-order valence-corrected chi connectivity index (χ4v) is 2.54. The van der Waals surface area contributed by atoms with E-state index < -0.39 is 0 Å². The molecule has 0 spiro atoms. The van der Waals surface area contributed by atoms with Crippen molar-refractivity contribution in [3.8, 4) is 0 Å². The second-order valence-corrected chi connectivity index (χ2v) is 4.24. The van der Waals surface area contributed by atoms with Crippen molar-refractivity contribution in [2.45, 2.75) is 58.0 Å². The van der Waals surface area contributed by atoms with Crippen molar-refractivity contribution < 1.29 is 9.53 Å². The van der Waals surface area contributed by atoms with Crippen LogP contribution in [0, 0.1) is 0 Å². The minimum Gasteiger partial charge on any atom is -0.468 e. The average Bonchev–Trinajstić information content (AvgIpc) is 2.30. The number of esters is 1. The summed E-state index contributed by atoms with van der Waals surface area (Å²) in [4.78, 5) is 14.0. The number of likely N-dealkylation sites (tertiary alicyclic amines) is 1. The Hall–Kier alpha value is -0.570. The van der Waals surface area contributed by atoms with Gasteiger partial charge in [0.15, 0.2) is 0 Å². The first-order chi connectivity index (χ1) is 7.24. The summed E-state index contributed by atoms with van der Waals surface area (Å²) in [6, 6.07) is 0.544. The van der Waals surface area contributed by atoms with Gasteiger partial charge in [-0.3, -0.25) is 9.69 Å². The molecule has 0 aromatic rings. The number of hydrogen-bond donors (Lipinski definition) is 0. The third kappa shape index (κ3) is 2.94. The lowest BCUT2D eigenvalue weighted by Crippen LogP contribution is -2.50. The summed E-state index contributed by atoms with van der Waals surface area (Å²) in [7, 11) is 1.49. The molecule has 1 saturated heterocycles. The fraction of sp³-hybridized carbons (Fsp3) is 0.917. The highest BCUT2D eigenvalue weighted by Crippen LogP contribution is 2.23. The third-order valence-electron chi connectivity index (χ3n) is 3.43. The van der Waals surface area contributed by atoms with Crippen LogP contribution < -0.4 is 0 Å². The van der Waals surface area contributed by atoms with Crippen LogP contribution >= 0.6 is 0 Å². The zero-order valence-corrected chi connectivity index (χ0v) is 10.2. The molecular weight excluding hydrogens is 190 g/mol. The van der Waals surface area contributed by atoms with Gasteiger partial charge >= 0.3 is 5.97 Å². The van der Waals surface area contributed by atoms with E-state index in [0.717, 1.165) is 32.2 Å². The normalized spacial score (nSPS) is 23.1. The lowest BCUT2D eigenvalue weighted by molar-refractivity contribution is -0.149. The van der Waals surface area contributed by atoms with Gasteiger partial charge in [0.05, 0.1) is 7.11 Å². The maximum Gasteiger partial charge on any atom is 0.323 e. The van der Waals surface area contributed by atoms with Crippen LogP contribution in [0.5, 0.6) is 0 Å². The van der Waals surface area contributed by atoms with Crippen LogP contribution in [-0.2, 0) is 9.53 Å². The summed E-state index contributed by atoms with van der Waals surface area (Å²) in [5.74, 6) is -0.0541. The van der Waals surface area contributed by atoms with E-state index in [0.29, 0.717) is 6.04 Å². The number of hydrogen-bond acceptors (Lipinski definition) is 3. The van der Waals surface area contributed by atoms with Crippen LogP contribution in [0.3, 0.4) is 0 Å². The SMILES string of the molecule is CCC(CC)N1CCCC[C@@H]1C(=O)OC. The summed E-state index contributed by atoms with van der Waals surface area (Å²) in [5.41, 5.74) is 0. The predicted molar refractivity (Wildman–Crippen MR) is 60.7 cm³/mol. The fourth-order valence-electron chi connectivity index (χ4n) is 2.54. The summed E-state index contributed by atoms with van der Waals surface area (Å²) >= 11 is 0. The van der Waals surface area contributed by atoms with E-state index in [9.17, 15) is 4.79 Å². The Bertz CT molecular complexity index is 202. The molecule has 1 rings (SSSR count). The highest BCUT2D eigenvalue weighted by atomic mass is 16.5. The van der Waals surface area contributed by atoms with Crippen molar-refractivity contribution in [3.05, 3.63) is 0 Å². The van der Waals surface area contributed by atoms with Crippen molar-refractivity contribution in [1.29, 1.82) is 0 Å². The number of nitrogens with zero attached hydrogens (tertiary/aromatic N) is 1. The van der Waals surface area contributed by atoms with E-state index in [1.54, 1.807) is 0 Å². The van der Waals surface area contributed by atoms with E-state index in [2.05, 4.69) is 18.7 Å². The first-order valence-electron chi connectivity index (χ1n) is 6.08. The molecule has 0 aliphatic carbocycles. The number of carbonyl (C=O) groups excluding carboxylic acids is 1. The van der Waals surface area contributed by atoms with Gasteiger partial charge in [-0.05, 0) is 32.2 Å². The van der Waals surface area contributed by atoms with Crippen molar-refractivity contribution in [2.75, 3.05) is 13.7 Å². The molecule has 3 heteroatoms. The predicted octanol–water partition coefficient (Wildman–Crippen LogP) is 2.20. The van der Waals surface area contributed by atoms with E-state index in [4.69, 9.17) is 4.74 Å². The van der Waals surface area contributed by atoms with Crippen LogP contribution in [0.15, 0.2) is 0 Å². The Labute approximate surface area is 92.8 Å². The molecule has 3 nitrogen and oxygen atoms in total.